The molecule has 0 saturated heterocycles. The minimum absolute atomic E-state index is 0.240. The fourth-order valence-corrected chi connectivity index (χ4v) is 3.29. The molecule has 1 saturated carbocycles. The van der Waals surface area contributed by atoms with Crippen LogP contribution in [0.5, 0.6) is 11.5 Å². The SMILES string of the molecule is Cc1noc(C)c1C(=O)Nc1ccc2c(c1)OC1(CCCC1)O2. The van der Waals surface area contributed by atoms with E-state index in [1.807, 2.05) is 12.1 Å². The molecule has 1 aliphatic heterocycles. The third kappa shape index (κ3) is 2.34. The summed E-state index contributed by atoms with van der Waals surface area (Å²) in [6, 6.07) is 5.45. The summed E-state index contributed by atoms with van der Waals surface area (Å²) in [5.74, 6) is 1.19. The van der Waals surface area contributed by atoms with E-state index in [9.17, 15) is 4.79 Å². The zero-order valence-corrected chi connectivity index (χ0v) is 13.1. The quantitative estimate of drug-likeness (QED) is 0.917. The predicted octanol–water partition coefficient (Wildman–Crippen LogP) is 3.59. The molecule has 0 radical (unpaired) electrons. The Balaban J connectivity index is 1.55. The number of rotatable bonds is 2. The second-order valence-electron chi connectivity index (χ2n) is 6.14. The Morgan fingerprint density at radius 2 is 1.91 bits per heavy atom. The van der Waals surface area contributed by atoms with Gasteiger partial charge in [-0.25, -0.2) is 0 Å². The summed E-state index contributed by atoms with van der Waals surface area (Å²) in [7, 11) is 0. The number of aryl methyl sites for hydroxylation is 2. The van der Waals surface area contributed by atoms with E-state index in [-0.39, 0.29) is 5.91 Å². The minimum Gasteiger partial charge on any atom is -0.448 e. The van der Waals surface area contributed by atoms with Crippen molar-refractivity contribution in [1.29, 1.82) is 0 Å². The van der Waals surface area contributed by atoms with Crippen LogP contribution in [0.1, 0.15) is 47.5 Å². The van der Waals surface area contributed by atoms with Crippen LogP contribution in [0.2, 0.25) is 0 Å². The molecule has 0 atom stereocenters. The molecule has 23 heavy (non-hydrogen) atoms. The zero-order chi connectivity index (χ0) is 16.0. The van der Waals surface area contributed by atoms with Crippen LogP contribution in [0.4, 0.5) is 5.69 Å². The molecule has 4 rings (SSSR count). The average molecular weight is 314 g/mol. The maximum atomic E-state index is 12.4. The van der Waals surface area contributed by atoms with Crippen LogP contribution in [0.3, 0.4) is 0 Å². The molecule has 6 heteroatoms. The number of nitrogens with zero attached hydrogens (tertiary/aromatic N) is 1. The number of ether oxygens (including phenoxy) is 2. The lowest BCUT2D eigenvalue weighted by molar-refractivity contribution is -0.0716. The van der Waals surface area contributed by atoms with Gasteiger partial charge in [0.25, 0.3) is 11.7 Å². The van der Waals surface area contributed by atoms with Gasteiger partial charge in [-0.1, -0.05) is 5.16 Å². The molecule has 2 aliphatic rings. The second kappa shape index (κ2) is 5.01. The van der Waals surface area contributed by atoms with Crippen molar-refractivity contribution in [2.75, 3.05) is 5.32 Å². The molecule has 1 amide bonds. The van der Waals surface area contributed by atoms with E-state index >= 15 is 0 Å². The summed E-state index contributed by atoms with van der Waals surface area (Å²) in [5, 5.41) is 6.66. The van der Waals surface area contributed by atoms with Crippen LogP contribution in [0.25, 0.3) is 0 Å². The molecular formula is C17H18N2O4. The number of aromatic nitrogens is 1. The van der Waals surface area contributed by atoms with Gasteiger partial charge < -0.3 is 19.3 Å². The van der Waals surface area contributed by atoms with Gasteiger partial charge in [0.15, 0.2) is 11.5 Å². The monoisotopic (exact) mass is 314 g/mol. The standard InChI is InChI=1S/C17H18N2O4/c1-10-15(11(2)23-19-10)16(20)18-12-5-6-13-14(9-12)22-17(21-13)7-3-4-8-17/h5-6,9H,3-4,7-8H2,1-2H3,(H,18,20). The van der Waals surface area contributed by atoms with Crippen molar-refractivity contribution in [3.05, 3.63) is 35.2 Å². The number of amides is 1. The predicted molar refractivity (Wildman–Crippen MR) is 82.8 cm³/mol. The van der Waals surface area contributed by atoms with Crippen LogP contribution in [0.15, 0.2) is 22.7 Å². The van der Waals surface area contributed by atoms with Gasteiger partial charge in [-0.2, -0.15) is 0 Å². The van der Waals surface area contributed by atoms with Crippen LogP contribution in [-0.2, 0) is 0 Å². The molecule has 1 aromatic heterocycles. The topological polar surface area (TPSA) is 73.6 Å². The lowest BCUT2D eigenvalue weighted by Crippen LogP contribution is -2.34. The highest BCUT2D eigenvalue weighted by Gasteiger charge is 2.44. The molecule has 1 fully saturated rings. The Morgan fingerprint density at radius 3 is 2.61 bits per heavy atom. The van der Waals surface area contributed by atoms with Crippen molar-refractivity contribution < 1.29 is 18.8 Å². The molecular weight excluding hydrogens is 296 g/mol. The molecule has 1 N–H and O–H groups in total. The first-order chi connectivity index (χ1) is 11.1. The smallest absolute Gasteiger partial charge is 0.261 e. The highest BCUT2D eigenvalue weighted by atomic mass is 16.7. The van der Waals surface area contributed by atoms with Crippen molar-refractivity contribution in [2.45, 2.75) is 45.3 Å². The number of benzene rings is 1. The molecule has 2 heterocycles. The fraction of sp³-hybridized carbons (Fsp3) is 0.412. The Hall–Kier alpha value is -2.50. The number of hydrogen-bond acceptors (Lipinski definition) is 5. The van der Waals surface area contributed by atoms with E-state index in [1.165, 1.54) is 0 Å². The molecule has 0 bridgehead atoms. The average Bonchev–Trinajstić information content (AvgIpc) is 3.19. The van der Waals surface area contributed by atoms with Gasteiger partial charge in [-0.15, -0.1) is 0 Å². The first kappa shape index (κ1) is 14.1. The molecule has 1 spiro atoms. The molecule has 0 unspecified atom stereocenters. The van der Waals surface area contributed by atoms with Gasteiger partial charge in [-0.3, -0.25) is 4.79 Å². The van der Waals surface area contributed by atoms with Crippen molar-refractivity contribution in [3.8, 4) is 11.5 Å². The molecule has 1 aliphatic carbocycles. The maximum absolute atomic E-state index is 12.4. The van der Waals surface area contributed by atoms with E-state index in [0.717, 1.165) is 31.4 Å². The van der Waals surface area contributed by atoms with Gasteiger partial charge in [0.1, 0.15) is 11.3 Å². The normalized spacial score (nSPS) is 17.7. The van der Waals surface area contributed by atoms with Crippen molar-refractivity contribution >= 4 is 11.6 Å². The lowest BCUT2D eigenvalue weighted by Gasteiger charge is -2.21. The first-order valence-electron chi connectivity index (χ1n) is 7.83. The van der Waals surface area contributed by atoms with Crippen LogP contribution in [-0.4, -0.2) is 16.9 Å². The van der Waals surface area contributed by atoms with Crippen molar-refractivity contribution in [3.63, 3.8) is 0 Å². The Labute approximate surface area is 133 Å². The van der Waals surface area contributed by atoms with Gasteiger partial charge >= 0.3 is 0 Å². The van der Waals surface area contributed by atoms with Gasteiger partial charge in [0.05, 0.1) is 5.69 Å². The summed E-state index contributed by atoms with van der Waals surface area (Å²) in [6.45, 7) is 3.47. The van der Waals surface area contributed by atoms with Crippen molar-refractivity contribution in [1.82, 2.24) is 5.16 Å². The summed E-state index contributed by atoms with van der Waals surface area (Å²) < 4.78 is 17.0. The van der Waals surface area contributed by atoms with E-state index < -0.39 is 5.79 Å². The lowest BCUT2D eigenvalue weighted by atomic mass is 10.2. The summed E-state index contributed by atoms with van der Waals surface area (Å²) in [5.41, 5.74) is 1.70. The van der Waals surface area contributed by atoms with Crippen molar-refractivity contribution in [2.24, 2.45) is 0 Å². The summed E-state index contributed by atoms with van der Waals surface area (Å²) in [4.78, 5) is 12.4. The third-order valence-corrected chi connectivity index (χ3v) is 4.42. The molecule has 1 aromatic carbocycles. The van der Waals surface area contributed by atoms with Gasteiger partial charge in [0, 0.05) is 24.6 Å². The number of carbonyl (C=O) groups is 1. The van der Waals surface area contributed by atoms with Gasteiger partial charge in [0.2, 0.25) is 0 Å². The summed E-state index contributed by atoms with van der Waals surface area (Å²) >= 11 is 0. The van der Waals surface area contributed by atoms with Crippen LogP contribution in [0, 0.1) is 13.8 Å². The Kier molecular flexibility index (Phi) is 3.07. The fourth-order valence-electron chi connectivity index (χ4n) is 3.29. The Bertz CT molecular complexity index is 755. The number of carbonyl (C=O) groups excluding carboxylic acids is 1. The van der Waals surface area contributed by atoms with E-state index in [1.54, 1.807) is 19.9 Å². The first-order valence-corrected chi connectivity index (χ1v) is 7.83. The van der Waals surface area contributed by atoms with E-state index in [0.29, 0.717) is 28.5 Å². The van der Waals surface area contributed by atoms with Crippen LogP contribution < -0.4 is 14.8 Å². The molecule has 6 nitrogen and oxygen atoms in total. The largest absolute Gasteiger partial charge is 0.448 e. The van der Waals surface area contributed by atoms with E-state index in [2.05, 4.69) is 10.5 Å². The zero-order valence-electron chi connectivity index (χ0n) is 13.1. The number of hydrogen-bond donors (Lipinski definition) is 1. The maximum Gasteiger partial charge on any atom is 0.261 e. The molecule has 2 aromatic rings. The number of fused-ring (bicyclic) bond motifs is 1. The minimum atomic E-state index is -0.493. The van der Waals surface area contributed by atoms with Gasteiger partial charge in [-0.05, 0) is 38.8 Å². The van der Waals surface area contributed by atoms with Crippen LogP contribution >= 0.6 is 0 Å². The second-order valence-corrected chi connectivity index (χ2v) is 6.14. The Morgan fingerprint density at radius 1 is 1.17 bits per heavy atom. The highest BCUT2D eigenvalue weighted by molar-refractivity contribution is 6.05. The highest BCUT2D eigenvalue weighted by Crippen LogP contribution is 2.47. The third-order valence-electron chi connectivity index (χ3n) is 4.42. The molecule has 120 valence electrons. The number of anilines is 1. The number of nitrogens with one attached hydrogen (secondary N) is 1. The van der Waals surface area contributed by atoms with E-state index in [4.69, 9.17) is 14.0 Å². The summed E-state index contributed by atoms with van der Waals surface area (Å²) in [6.07, 6.45) is 4.04.